The van der Waals surface area contributed by atoms with Crippen molar-refractivity contribution in [2.45, 2.75) is 6.42 Å². The van der Waals surface area contributed by atoms with E-state index in [2.05, 4.69) is 20.7 Å². The fourth-order valence-corrected chi connectivity index (χ4v) is 2.47. The van der Waals surface area contributed by atoms with Crippen molar-refractivity contribution in [1.29, 1.82) is 0 Å². The maximum Gasteiger partial charge on any atom is 0.327 e. The molecule has 3 N–H and O–H groups in total. The minimum absolute atomic E-state index is 0.332. The number of nitrogens with two attached hydrogens (primary N) is 1. The van der Waals surface area contributed by atoms with Gasteiger partial charge in [0.25, 0.3) is 0 Å². The number of ether oxygens (including phenoxy) is 1. The van der Waals surface area contributed by atoms with Crippen LogP contribution in [0.15, 0.2) is 24.3 Å². The van der Waals surface area contributed by atoms with E-state index in [4.69, 9.17) is 10.6 Å². The molecule has 0 bridgehead atoms. The van der Waals surface area contributed by atoms with Crippen molar-refractivity contribution in [3.8, 4) is 5.75 Å². The van der Waals surface area contributed by atoms with Crippen LogP contribution >= 0.6 is 0 Å². The molecule has 116 valence electrons. The minimum Gasteiger partial charge on any atom is -0.495 e. The number of rotatable bonds is 6. The topological polar surface area (TPSA) is 80.1 Å². The van der Waals surface area contributed by atoms with Gasteiger partial charge in [-0.15, -0.1) is 0 Å². The zero-order valence-corrected chi connectivity index (χ0v) is 12.2. The number of carbonyl (C=O) groups excluding carboxylic acids is 1. The summed E-state index contributed by atoms with van der Waals surface area (Å²) in [6, 6.07) is 8.02. The number of benzene rings is 1. The van der Waals surface area contributed by atoms with E-state index in [0.29, 0.717) is 13.0 Å². The fourth-order valence-electron chi connectivity index (χ4n) is 2.47. The van der Waals surface area contributed by atoms with Gasteiger partial charge in [0.05, 0.1) is 19.2 Å². The average molecular weight is 294 g/mol. The molecule has 1 heterocycles. The van der Waals surface area contributed by atoms with Crippen molar-refractivity contribution in [1.82, 2.24) is 10.5 Å². The number of para-hydroxylation sites is 2. The Hall–Kier alpha value is -1.83. The van der Waals surface area contributed by atoms with E-state index in [9.17, 15) is 4.79 Å². The molecule has 1 aliphatic heterocycles. The summed E-state index contributed by atoms with van der Waals surface area (Å²) in [6.45, 7) is 4.30. The van der Waals surface area contributed by atoms with E-state index in [1.54, 1.807) is 7.11 Å². The second-order valence-electron chi connectivity index (χ2n) is 4.84. The molecule has 2 rings (SSSR count). The first-order valence-corrected chi connectivity index (χ1v) is 7.00. The third kappa shape index (κ3) is 4.32. The molecule has 1 aromatic rings. The molecule has 1 fully saturated rings. The predicted molar refractivity (Wildman–Crippen MR) is 79.7 cm³/mol. The van der Waals surface area contributed by atoms with E-state index in [0.717, 1.165) is 37.6 Å². The standard InChI is InChI=1S/C14H22N4O3/c1-20-13-5-3-2-4-12(13)18-10-8-17(9-11-18)7-6-14(19)21-16-15/h2-5,16H,6-11,15H2,1H3. The van der Waals surface area contributed by atoms with Gasteiger partial charge in [0.1, 0.15) is 5.75 Å². The Balaban J connectivity index is 1.81. The molecule has 0 unspecified atom stereocenters. The lowest BCUT2D eigenvalue weighted by Crippen LogP contribution is -2.47. The highest BCUT2D eigenvalue weighted by Gasteiger charge is 2.19. The third-order valence-corrected chi connectivity index (χ3v) is 3.60. The lowest BCUT2D eigenvalue weighted by molar-refractivity contribution is -0.151. The molecule has 0 aromatic heterocycles. The van der Waals surface area contributed by atoms with Crippen molar-refractivity contribution in [3.05, 3.63) is 24.3 Å². The summed E-state index contributed by atoms with van der Waals surface area (Å²) in [5.74, 6) is 5.47. The maximum absolute atomic E-state index is 11.2. The molecular weight excluding hydrogens is 272 g/mol. The number of carbonyl (C=O) groups is 1. The Bertz CT molecular complexity index is 461. The molecule has 0 aliphatic carbocycles. The molecule has 1 aromatic carbocycles. The van der Waals surface area contributed by atoms with E-state index < -0.39 is 0 Å². The summed E-state index contributed by atoms with van der Waals surface area (Å²) in [5.41, 5.74) is 3.02. The van der Waals surface area contributed by atoms with Crippen LogP contribution in [0.3, 0.4) is 0 Å². The zero-order valence-electron chi connectivity index (χ0n) is 12.2. The summed E-state index contributed by atoms with van der Waals surface area (Å²) in [6.07, 6.45) is 0.332. The molecular formula is C14H22N4O3. The Morgan fingerprint density at radius 1 is 1.29 bits per heavy atom. The van der Waals surface area contributed by atoms with E-state index in [1.165, 1.54) is 0 Å². The van der Waals surface area contributed by atoms with E-state index >= 15 is 0 Å². The van der Waals surface area contributed by atoms with Crippen LogP contribution in [0.4, 0.5) is 5.69 Å². The maximum atomic E-state index is 11.2. The van der Waals surface area contributed by atoms with Crippen molar-refractivity contribution in [2.24, 2.45) is 5.84 Å². The van der Waals surface area contributed by atoms with Crippen molar-refractivity contribution < 1.29 is 14.4 Å². The number of methoxy groups -OCH3 is 1. The highest BCUT2D eigenvalue weighted by atomic mass is 16.7. The van der Waals surface area contributed by atoms with Crippen LogP contribution in [0.5, 0.6) is 5.75 Å². The number of piperazine rings is 1. The molecule has 21 heavy (non-hydrogen) atoms. The Morgan fingerprint density at radius 2 is 2.00 bits per heavy atom. The van der Waals surface area contributed by atoms with Crippen LogP contribution in [0.1, 0.15) is 6.42 Å². The quantitative estimate of drug-likeness (QED) is 0.570. The van der Waals surface area contributed by atoms with Crippen molar-refractivity contribution >= 4 is 11.7 Å². The average Bonchev–Trinajstić information content (AvgIpc) is 2.54. The number of anilines is 1. The summed E-state index contributed by atoms with van der Waals surface area (Å²) in [4.78, 5) is 20.3. The molecule has 1 aliphatic rings. The van der Waals surface area contributed by atoms with Gasteiger partial charge < -0.3 is 14.5 Å². The molecule has 0 atom stereocenters. The highest BCUT2D eigenvalue weighted by molar-refractivity contribution is 5.69. The van der Waals surface area contributed by atoms with Crippen LogP contribution in [-0.2, 0) is 9.63 Å². The van der Waals surface area contributed by atoms with Gasteiger partial charge in [-0.25, -0.2) is 5.84 Å². The molecule has 0 radical (unpaired) electrons. The molecule has 0 amide bonds. The first-order chi connectivity index (χ1) is 10.2. The Morgan fingerprint density at radius 3 is 2.67 bits per heavy atom. The predicted octanol–water partition coefficient (Wildman–Crippen LogP) is 0.129. The first-order valence-electron chi connectivity index (χ1n) is 7.00. The summed E-state index contributed by atoms with van der Waals surface area (Å²) < 4.78 is 5.40. The number of hydrogen-bond acceptors (Lipinski definition) is 7. The van der Waals surface area contributed by atoms with Gasteiger partial charge in [0, 0.05) is 32.7 Å². The first kappa shape index (κ1) is 15.6. The van der Waals surface area contributed by atoms with Gasteiger partial charge in [-0.3, -0.25) is 9.69 Å². The fraction of sp³-hybridized carbons (Fsp3) is 0.500. The van der Waals surface area contributed by atoms with Crippen LogP contribution < -0.4 is 21.1 Å². The molecule has 7 heteroatoms. The van der Waals surface area contributed by atoms with E-state index in [1.807, 2.05) is 23.8 Å². The van der Waals surface area contributed by atoms with Gasteiger partial charge in [-0.05, 0) is 12.1 Å². The zero-order chi connectivity index (χ0) is 15.1. The number of hydrazine groups is 1. The van der Waals surface area contributed by atoms with Gasteiger partial charge in [0.2, 0.25) is 0 Å². The molecule has 7 nitrogen and oxygen atoms in total. The minimum atomic E-state index is -0.343. The monoisotopic (exact) mass is 294 g/mol. The van der Waals surface area contributed by atoms with Crippen molar-refractivity contribution in [3.63, 3.8) is 0 Å². The smallest absolute Gasteiger partial charge is 0.327 e. The molecule has 0 saturated carbocycles. The number of nitrogens with zero attached hydrogens (tertiary/aromatic N) is 2. The summed E-state index contributed by atoms with van der Waals surface area (Å²) in [7, 11) is 1.69. The SMILES string of the molecule is COc1ccccc1N1CCN(CCC(=O)ONN)CC1. The van der Waals surface area contributed by atoms with Crippen molar-refractivity contribution in [2.75, 3.05) is 44.7 Å². The Kier molecular flexibility index (Phi) is 5.79. The van der Waals surface area contributed by atoms with Gasteiger partial charge in [-0.1, -0.05) is 17.7 Å². The lowest BCUT2D eigenvalue weighted by Gasteiger charge is -2.36. The van der Waals surface area contributed by atoms with Crippen LogP contribution in [-0.4, -0.2) is 50.7 Å². The molecule has 1 saturated heterocycles. The van der Waals surface area contributed by atoms with E-state index in [-0.39, 0.29) is 5.97 Å². The molecule has 0 spiro atoms. The Labute approximate surface area is 124 Å². The summed E-state index contributed by atoms with van der Waals surface area (Å²) in [5, 5.41) is 0. The van der Waals surface area contributed by atoms with Crippen LogP contribution in [0, 0.1) is 0 Å². The number of hydrogen-bond donors (Lipinski definition) is 2. The normalized spacial score (nSPS) is 15.8. The second-order valence-corrected chi connectivity index (χ2v) is 4.84. The number of nitrogens with one attached hydrogen (secondary N) is 1. The second kappa shape index (κ2) is 7.82. The van der Waals surface area contributed by atoms with Gasteiger partial charge in [-0.2, -0.15) is 0 Å². The third-order valence-electron chi connectivity index (χ3n) is 3.60. The largest absolute Gasteiger partial charge is 0.495 e. The summed E-state index contributed by atoms with van der Waals surface area (Å²) >= 11 is 0. The van der Waals surface area contributed by atoms with Crippen LogP contribution in [0.25, 0.3) is 0 Å². The van der Waals surface area contributed by atoms with Crippen LogP contribution in [0.2, 0.25) is 0 Å². The highest BCUT2D eigenvalue weighted by Crippen LogP contribution is 2.28. The lowest BCUT2D eigenvalue weighted by atomic mass is 10.2. The van der Waals surface area contributed by atoms with Gasteiger partial charge in [0.15, 0.2) is 0 Å². The van der Waals surface area contributed by atoms with Gasteiger partial charge >= 0.3 is 5.97 Å².